The molecule has 18 heavy (non-hydrogen) atoms. The van der Waals surface area contributed by atoms with Gasteiger partial charge < -0.3 is 21.4 Å². The van der Waals surface area contributed by atoms with Crippen molar-refractivity contribution in [2.24, 2.45) is 11.5 Å². The summed E-state index contributed by atoms with van der Waals surface area (Å²) in [6.45, 7) is 0. The number of carboxylic acid groups (broad SMARTS) is 1. The summed E-state index contributed by atoms with van der Waals surface area (Å²) in [5, 5.41) is 11.9. The lowest BCUT2D eigenvalue weighted by Crippen LogP contribution is -2.64. The van der Waals surface area contributed by atoms with E-state index < -0.39 is 17.4 Å². The summed E-state index contributed by atoms with van der Waals surface area (Å²) in [7, 11) is 0. The molecule has 0 radical (unpaired) electrons. The van der Waals surface area contributed by atoms with Crippen molar-refractivity contribution in [2.75, 3.05) is 0 Å². The highest BCUT2D eigenvalue weighted by atomic mass is 32.1. The van der Waals surface area contributed by atoms with E-state index in [9.17, 15) is 14.7 Å². The number of hydrogen-bond acceptors (Lipinski definition) is 5. The second-order valence-corrected chi connectivity index (χ2v) is 5.22. The van der Waals surface area contributed by atoms with Crippen molar-refractivity contribution in [2.45, 2.75) is 12.0 Å². The molecule has 0 aliphatic carbocycles. The molecule has 0 fully saturated rings. The second-order valence-electron chi connectivity index (χ2n) is 4.05. The maximum absolute atomic E-state index is 11.2. The Hall–Kier alpha value is -1.92. The number of carboxylic acids is 1. The van der Waals surface area contributed by atoms with Crippen molar-refractivity contribution in [3.8, 4) is 0 Å². The monoisotopic (exact) mass is 263 g/mol. The summed E-state index contributed by atoms with van der Waals surface area (Å²) in [5.41, 5.74) is 8.38. The van der Waals surface area contributed by atoms with Crippen LogP contribution in [0.25, 0.3) is 10.1 Å². The number of aliphatic carboxylic acids is 1. The van der Waals surface area contributed by atoms with Crippen LogP contribution in [0.5, 0.6) is 0 Å². The van der Waals surface area contributed by atoms with Gasteiger partial charge in [-0.3, -0.25) is 4.79 Å². The minimum atomic E-state index is -2.17. The summed E-state index contributed by atoms with van der Waals surface area (Å²) in [6.07, 6.45) is -0.163. The van der Waals surface area contributed by atoms with E-state index in [1.54, 1.807) is 6.07 Å². The van der Waals surface area contributed by atoms with E-state index >= 15 is 0 Å². The van der Waals surface area contributed by atoms with Crippen molar-refractivity contribution < 1.29 is 14.7 Å². The van der Waals surface area contributed by atoms with Crippen molar-refractivity contribution in [1.29, 1.82) is 0 Å². The van der Waals surface area contributed by atoms with Crippen molar-refractivity contribution in [1.82, 2.24) is 0 Å². The molecule has 0 aliphatic rings. The Kier molecular flexibility index (Phi) is 3.06. The van der Waals surface area contributed by atoms with Gasteiger partial charge in [0.25, 0.3) is 0 Å². The van der Waals surface area contributed by atoms with E-state index in [0.717, 1.165) is 10.1 Å². The predicted molar refractivity (Wildman–Crippen MR) is 66.6 cm³/mol. The minimum Gasteiger partial charge on any atom is -0.548 e. The number of nitrogens with two attached hydrogens (primary N) is 2. The Labute approximate surface area is 107 Å². The zero-order valence-electron chi connectivity index (χ0n) is 9.38. The molecule has 0 aliphatic heterocycles. The molecule has 5 nitrogen and oxygen atoms in total. The summed E-state index contributed by atoms with van der Waals surface area (Å²) >= 11 is 1.38. The van der Waals surface area contributed by atoms with Crippen LogP contribution in [0.15, 0.2) is 30.3 Å². The zero-order valence-corrected chi connectivity index (χ0v) is 10.2. The molecule has 1 aromatic carbocycles. The number of primary amides is 1. The molecule has 4 N–H and O–H groups in total. The fraction of sp³-hybridized carbons (Fsp3) is 0.167. The van der Waals surface area contributed by atoms with Crippen LogP contribution in [0.3, 0.4) is 0 Å². The van der Waals surface area contributed by atoms with Gasteiger partial charge >= 0.3 is 0 Å². The van der Waals surface area contributed by atoms with E-state index in [4.69, 9.17) is 11.5 Å². The molecule has 2 rings (SSSR count). The Morgan fingerprint density at radius 2 is 2.00 bits per heavy atom. The van der Waals surface area contributed by atoms with Crippen LogP contribution in [0, 0.1) is 0 Å². The average molecular weight is 263 g/mol. The van der Waals surface area contributed by atoms with E-state index in [2.05, 4.69) is 0 Å². The van der Waals surface area contributed by atoms with Crippen molar-refractivity contribution in [3.63, 3.8) is 0 Å². The first-order valence-electron chi connectivity index (χ1n) is 5.21. The SMILES string of the molecule is NC(=O)C(N)(Cc1cc2ccccc2s1)C(=O)[O-]. The number of benzene rings is 1. The molecule has 0 saturated heterocycles. The Bertz CT molecular complexity index is 574. The Balaban J connectivity index is 2.38. The van der Waals surface area contributed by atoms with Crippen LogP contribution in [-0.2, 0) is 16.0 Å². The van der Waals surface area contributed by atoms with Gasteiger partial charge in [0.05, 0.1) is 5.97 Å². The molecule has 1 unspecified atom stereocenters. The third kappa shape index (κ3) is 2.07. The van der Waals surface area contributed by atoms with E-state index in [1.165, 1.54) is 11.3 Å². The number of rotatable bonds is 4. The van der Waals surface area contributed by atoms with Gasteiger partial charge in [-0.05, 0) is 17.5 Å². The van der Waals surface area contributed by atoms with Crippen molar-refractivity contribution >= 4 is 33.3 Å². The van der Waals surface area contributed by atoms with Gasteiger partial charge in [-0.2, -0.15) is 0 Å². The topological polar surface area (TPSA) is 109 Å². The Morgan fingerprint density at radius 3 is 2.56 bits per heavy atom. The first-order valence-corrected chi connectivity index (χ1v) is 6.03. The lowest BCUT2D eigenvalue weighted by Gasteiger charge is -2.26. The molecule has 94 valence electrons. The summed E-state index contributed by atoms with van der Waals surface area (Å²) in [4.78, 5) is 22.8. The third-order valence-corrected chi connectivity index (χ3v) is 3.85. The minimum absolute atomic E-state index is 0.163. The quantitative estimate of drug-likeness (QED) is 0.716. The zero-order chi connectivity index (χ0) is 13.3. The average Bonchev–Trinajstić information content (AvgIpc) is 2.70. The number of carbonyl (C=O) groups is 2. The van der Waals surface area contributed by atoms with Gasteiger partial charge in [0, 0.05) is 16.0 Å². The number of hydrogen-bond donors (Lipinski definition) is 2. The van der Waals surface area contributed by atoms with Gasteiger partial charge in [-0.15, -0.1) is 11.3 Å². The maximum Gasteiger partial charge on any atom is 0.243 e. The predicted octanol–water partition coefficient (Wildman–Crippen LogP) is -0.624. The Morgan fingerprint density at radius 1 is 1.33 bits per heavy atom. The van der Waals surface area contributed by atoms with Crippen molar-refractivity contribution in [3.05, 3.63) is 35.2 Å². The molecule has 0 bridgehead atoms. The molecular formula is C12H11N2O3S-. The molecule has 1 amide bonds. The van der Waals surface area contributed by atoms with Gasteiger partial charge in [-0.25, -0.2) is 0 Å². The van der Waals surface area contributed by atoms with Crippen LogP contribution in [0.1, 0.15) is 4.88 Å². The van der Waals surface area contributed by atoms with Gasteiger partial charge in [0.2, 0.25) is 5.91 Å². The molecule has 1 aromatic heterocycles. The summed E-state index contributed by atoms with van der Waals surface area (Å²) < 4.78 is 0.998. The highest BCUT2D eigenvalue weighted by Gasteiger charge is 2.34. The summed E-state index contributed by atoms with van der Waals surface area (Å²) in [6, 6.07) is 9.36. The van der Waals surface area contributed by atoms with E-state index in [1.807, 2.05) is 24.3 Å². The smallest absolute Gasteiger partial charge is 0.243 e. The van der Waals surface area contributed by atoms with Gasteiger partial charge in [-0.1, -0.05) is 18.2 Å². The normalized spacial score (nSPS) is 14.3. The number of fused-ring (bicyclic) bond motifs is 1. The highest BCUT2D eigenvalue weighted by Crippen LogP contribution is 2.27. The third-order valence-electron chi connectivity index (χ3n) is 2.73. The lowest BCUT2D eigenvalue weighted by molar-refractivity contribution is -0.311. The van der Waals surface area contributed by atoms with E-state index in [-0.39, 0.29) is 6.42 Å². The number of amides is 1. The number of thiophene rings is 1. The lowest BCUT2D eigenvalue weighted by atomic mass is 9.95. The highest BCUT2D eigenvalue weighted by molar-refractivity contribution is 7.19. The first kappa shape index (κ1) is 12.5. The largest absolute Gasteiger partial charge is 0.548 e. The van der Waals surface area contributed by atoms with Crippen LogP contribution in [0.2, 0.25) is 0 Å². The number of carbonyl (C=O) groups excluding carboxylic acids is 2. The molecule has 0 saturated carbocycles. The molecular weight excluding hydrogens is 252 g/mol. The van der Waals surface area contributed by atoms with Gasteiger partial charge in [0.1, 0.15) is 5.54 Å². The molecule has 1 heterocycles. The van der Waals surface area contributed by atoms with Gasteiger partial charge in [0.15, 0.2) is 0 Å². The van der Waals surface area contributed by atoms with Crippen LogP contribution in [-0.4, -0.2) is 17.4 Å². The second kappa shape index (κ2) is 4.40. The maximum atomic E-state index is 11.2. The molecule has 6 heteroatoms. The fourth-order valence-electron chi connectivity index (χ4n) is 1.66. The van der Waals surface area contributed by atoms with Crippen LogP contribution >= 0.6 is 11.3 Å². The molecule has 1 atom stereocenters. The first-order chi connectivity index (χ1) is 8.43. The van der Waals surface area contributed by atoms with Crippen LogP contribution in [0.4, 0.5) is 0 Å². The standard InChI is InChI=1S/C12H12N2O3S/c13-10(15)12(14,11(16)17)6-8-5-7-3-1-2-4-9(7)18-8/h1-5H,6,14H2,(H2,13,15)(H,16,17)/p-1. The molecule has 0 spiro atoms. The molecule has 2 aromatic rings. The fourth-order valence-corrected chi connectivity index (χ4v) is 2.82. The summed E-state index contributed by atoms with van der Waals surface area (Å²) in [5.74, 6) is -2.76. The van der Waals surface area contributed by atoms with E-state index in [0.29, 0.717) is 4.88 Å². The van der Waals surface area contributed by atoms with Crippen LogP contribution < -0.4 is 16.6 Å².